The molecule has 0 bridgehead atoms. The predicted molar refractivity (Wildman–Crippen MR) is 278 cm³/mol. The number of nitrogens with zero attached hydrogens (tertiary/aromatic N) is 4. The first-order valence-electron chi connectivity index (χ1n) is 24.2. The van der Waals surface area contributed by atoms with Crippen molar-refractivity contribution in [2.75, 3.05) is 74.0 Å². The Kier molecular flexibility index (Phi) is 22.7. The average molecular weight is 1040 g/mol. The number of anilines is 1. The molecule has 4 rings (SSSR count). The highest BCUT2D eigenvalue weighted by Crippen LogP contribution is 2.37. The second-order valence-corrected chi connectivity index (χ2v) is 19.4. The zero-order valence-electron chi connectivity index (χ0n) is 43.8. The SMILES string of the molecule is CNN(C)Cc1cc2ccccc2n1CCC(=O)NCC(=O)NCCCC(=O)N(C)CC(=O)OC(CC=O)[C@](C)(O)CC(C)C1CC(O)(C(/C=C/C=C(\C)Cc2cc(OC)c(Cl)c(N(C)C)c2)OC)NC(=O)O1. The fourth-order valence-electron chi connectivity index (χ4n) is 8.69. The first-order valence-corrected chi connectivity index (χ1v) is 24.6. The van der Waals surface area contributed by atoms with E-state index in [1.807, 2.05) is 87.5 Å². The normalized spacial score (nSPS) is 18.0. The summed E-state index contributed by atoms with van der Waals surface area (Å²) in [4.78, 5) is 78.9. The maximum absolute atomic E-state index is 13.1. The molecule has 0 aliphatic carbocycles. The highest BCUT2D eigenvalue weighted by molar-refractivity contribution is 6.34. The molecule has 6 N–H and O–H groups in total. The number of halogens is 1. The number of hydrogen-bond donors (Lipinski definition) is 6. The number of methoxy groups -OCH3 is 2. The smallest absolute Gasteiger partial charge is 0.409 e. The molecule has 0 radical (unpaired) electrons. The number of aldehydes is 1. The number of alkyl carbamates (subject to hydrolysis) is 1. The van der Waals surface area contributed by atoms with Crippen molar-refractivity contribution in [3.8, 4) is 5.75 Å². The number of cyclic esters (lactones) is 1. The minimum absolute atomic E-state index is 0.0188. The van der Waals surface area contributed by atoms with Gasteiger partial charge in [0.15, 0.2) is 5.72 Å². The summed E-state index contributed by atoms with van der Waals surface area (Å²) >= 11 is 6.49. The number of amides is 4. The molecule has 73 heavy (non-hydrogen) atoms. The zero-order valence-corrected chi connectivity index (χ0v) is 44.5. The van der Waals surface area contributed by atoms with E-state index in [4.69, 9.17) is 30.5 Å². The molecule has 4 amide bonds. The van der Waals surface area contributed by atoms with Crippen LogP contribution in [0.15, 0.2) is 66.3 Å². The monoisotopic (exact) mass is 1040 g/mol. The van der Waals surface area contributed by atoms with E-state index in [0.717, 1.165) is 38.3 Å². The van der Waals surface area contributed by atoms with Crippen LogP contribution in [0.3, 0.4) is 0 Å². The van der Waals surface area contributed by atoms with Gasteiger partial charge in [-0.05, 0) is 81.3 Å². The third-order valence-corrected chi connectivity index (χ3v) is 13.1. The van der Waals surface area contributed by atoms with Gasteiger partial charge in [-0.2, -0.15) is 0 Å². The largest absolute Gasteiger partial charge is 0.495 e. The van der Waals surface area contributed by atoms with Crippen LogP contribution in [0.25, 0.3) is 10.9 Å². The van der Waals surface area contributed by atoms with Crippen molar-refractivity contribution >= 4 is 64.3 Å². The van der Waals surface area contributed by atoms with E-state index in [2.05, 4.69) is 32.0 Å². The van der Waals surface area contributed by atoms with Crippen molar-refractivity contribution in [1.82, 2.24) is 35.9 Å². The number of para-hydroxylation sites is 1. The molecule has 2 aromatic carbocycles. The Morgan fingerprint density at radius 2 is 1.81 bits per heavy atom. The van der Waals surface area contributed by atoms with Crippen LogP contribution < -0.4 is 31.0 Å². The van der Waals surface area contributed by atoms with Gasteiger partial charge in [-0.15, -0.1) is 0 Å². The number of benzene rings is 2. The van der Waals surface area contributed by atoms with Gasteiger partial charge in [-0.3, -0.25) is 29.9 Å². The number of ether oxygens (including phenoxy) is 4. The minimum atomic E-state index is -1.92. The molecule has 2 heterocycles. The van der Waals surface area contributed by atoms with Gasteiger partial charge in [0.05, 0.1) is 31.5 Å². The summed E-state index contributed by atoms with van der Waals surface area (Å²) in [6, 6.07) is 13.9. The second kappa shape index (κ2) is 27.9. The number of likely N-dealkylation sites (N-methyl/N-ethyl adjacent to an activating group) is 1. The zero-order chi connectivity index (χ0) is 54.0. The molecule has 402 valence electrons. The van der Waals surface area contributed by atoms with Gasteiger partial charge in [-0.1, -0.05) is 60.5 Å². The van der Waals surface area contributed by atoms with Crippen molar-refractivity contribution in [2.24, 2.45) is 5.92 Å². The third kappa shape index (κ3) is 17.6. The molecule has 20 nitrogen and oxygen atoms in total. The second-order valence-electron chi connectivity index (χ2n) is 19.0. The number of aromatic nitrogens is 1. The van der Waals surface area contributed by atoms with Gasteiger partial charge in [0, 0.05) is 85.3 Å². The van der Waals surface area contributed by atoms with Gasteiger partial charge in [0.2, 0.25) is 17.7 Å². The number of carbonyl (C=O) groups excluding carboxylic acids is 6. The van der Waals surface area contributed by atoms with Gasteiger partial charge >= 0.3 is 12.1 Å². The lowest BCUT2D eigenvalue weighted by Gasteiger charge is -2.43. The molecular weight excluding hydrogens is 964 g/mol. The van der Waals surface area contributed by atoms with E-state index in [-0.39, 0.29) is 57.5 Å². The number of carbonyl (C=O) groups is 6. The molecule has 3 aromatic rings. The van der Waals surface area contributed by atoms with E-state index in [1.54, 1.807) is 26.2 Å². The number of nitrogens with one attached hydrogen (secondary N) is 4. The van der Waals surface area contributed by atoms with Crippen LogP contribution in [0.2, 0.25) is 5.02 Å². The number of hydrazine groups is 1. The third-order valence-electron chi connectivity index (χ3n) is 12.8. The highest BCUT2D eigenvalue weighted by atomic mass is 35.5. The molecule has 0 spiro atoms. The number of hydrogen-bond acceptors (Lipinski definition) is 15. The molecule has 1 aromatic heterocycles. The maximum atomic E-state index is 13.1. The standard InChI is InChI=1S/C52H75ClN8O12/c1-34(25-36-26-40(58(5)6)49(53)41(27-36)70-9)15-13-18-44(71-10)52(69)30-42(72-50(67)57-52)35(2)29-51(3,68)43(21-24-62)73-48(66)33-59(7)47(65)19-14-22-55-46(64)31-56-45(63)20-23-61-38(32-60(8)54-4)28-37-16-11-12-17-39(37)61/h11-13,15-18,24,26-28,35,42-44,54,68-69H,14,19-23,25,29-33H2,1-10H3,(H,55,64)(H,56,63)(H,57,67)/b18-13+,34-15+/t35?,42?,43?,44?,51-,52?/m1/s1. The maximum Gasteiger partial charge on any atom is 0.409 e. The number of allylic oxidation sites excluding steroid dienone is 3. The van der Waals surface area contributed by atoms with Crippen molar-refractivity contribution in [2.45, 2.75) is 108 Å². The van der Waals surface area contributed by atoms with Crippen molar-refractivity contribution in [3.63, 3.8) is 0 Å². The Morgan fingerprint density at radius 3 is 2.48 bits per heavy atom. The van der Waals surface area contributed by atoms with Crippen LogP contribution in [0.5, 0.6) is 5.75 Å². The van der Waals surface area contributed by atoms with Gasteiger partial charge in [0.1, 0.15) is 41.9 Å². The fraction of sp³-hybridized carbons (Fsp3) is 0.538. The molecular formula is C52H75ClN8O12. The summed E-state index contributed by atoms with van der Waals surface area (Å²) in [7, 11) is 11.9. The number of fused-ring (bicyclic) bond motifs is 1. The van der Waals surface area contributed by atoms with E-state index in [0.29, 0.717) is 36.6 Å². The molecule has 5 unspecified atom stereocenters. The van der Waals surface area contributed by atoms with E-state index >= 15 is 0 Å². The van der Waals surface area contributed by atoms with E-state index in [1.165, 1.54) is 21.1 Å². The van der Waals surface area contributed by atoms with Gasteiger partial charge < -0.3 is 59.0 Å². The van der Waals surface area contributed by atoms with Crippen LogP contribution in [-0.4, -0.2) is 159 Å². The quantitative estimate of drug-likeness (QED) is 0.0189. The van der Waals surface area contributed by atoms with E-state index < -0.39 is 66.0 Å². The first-order chi connectivity index (χ1) is 34.5. The van der Waals surface area contributed by atoms with Crippen LogP contribution in [-0.2, 0) is 57.7 Å². The van der Waals surface area contributed by atoms with Crippen molar-refractivity contribution in [1.29, 1.82) is 0 Å². The molecule has 1 saturated heterocycles. The molecule has 1 aliphatic heterocycles. The fourth-order valence-corrected chi connectivity index (χ4v) is 9.05. The van der Waals surface area contributed by atoms with Crippen molar-refractivity contribution in [3.05, 3.63) is 82.5 Å². The van der Waals surface area contributed by atoms with Gasteiger partial charge in [-0.25, -0.2) is 9.80 Å². The number of aliphatic hydroxyl groups is 2. The molecule has 0 saturated carbocycles. The summed E-state index contributed by atoms with van der Waals surface area (Å²) in [5, 5.41) is 34.7. The predicted octanol–water partition coefficient (Wildman–Crippen LogP) is 4.02. The summed E-state index contributed by atoms with van der Waals surface area (Å²) in [6.45, 7) is 5.49. The first kappa shape index (κ1) is 59.5. The Hall–Kier alpha value is -6.03. The van der Waals surface area contributed by atoms with Crippen LogP contribution >= 0.6 is 11.6 Å². The summed E-state index contributed by atoms with van der Waals surface area (Å²) in [5.74, 6) is -2.08. The number of esters is 1. The number of rotatable bonds is 29. The Morgan fingerprint density at radius 1 is 1.08 bits per heavy atom. The van der Waals surface area contributed by atoms with E-state index in [9.17, 15) is 39.0 Å². The highest BCUT2D eigenvalue weighted by Gasteiger charge is 2.48. The van der Waals surface area contributed by atoms with Gasteiger partial charge in [0.25, 0.3) is 0 Å². The lowest BCUT2D eigenvalue weighted by Crippen LogP contribution is -2.63. The number of aryl methyl sites for hydroxylation is 1. The minimum Gasteiger partial charge on any atom is -0.495 e. The molecule has 1 aliphatic rings. The van der Waals surface area contributed by atoms with Crippen LogP contribution in [0.1, 0.15) is 70.6 Å². The van der Waals surface area contributed by atoms with Crippen LogP contribution in [0.4, 0.5) is 10.5 Å². The Bertz CT molecular complexity index is 2440. The van der Waals surface area contributed by atoms with Crippen molar-refractivity contribution < 1.29 is 57.9 Å². The van der Waals surface area contributed by atoms with Crippen LogP contribution in [0, 0.1) is 5.92 Å². The molecule has 1 fully saturated rings. The summed E-state index contributed by atoms with van der Waals surface area (Å²) in [6.07, 6.45) is 1.81. The summed E-state index contributed by atoms with van der Waals surface area (Å²) < 4.78 is 24.3. The topological polar surface area (TPSA) is 243 Å². The summed E-state index contributed by atoms with van der Waals surface area (Å²) in [5.41, 5.74) is 4.14. The average Bonchev–Trinajstić information content (AvgIpc) is 3.68. The lowest BCUT2D eigenvalue weighted by molar-refractivity contribution is -0.172. The molecule has 6 atom stereocenters. The Balaban J connectivity index is 1.22. The lowest BCUT2D eigenvalue weighted by atomic mass is 9.81. The molecule has 21 heteroatoms. The Labute approximate surface area is 433 Å².